The number of ether oxygens (including phenoxy) is 1. The molecule has 1 aromatic rings. The molecule has 0 atom stereocenters. The van der Waals surface area contributed by atoms with Gasteiger partial charge in [0.25, 0.3) is 0 Å². The molecular weight excluding hydrogens is 204 g/mol. The van der Waals surface area contributed by atoms with Gasteiger partial charge in [-0.05, 0) is 18.2 Å². The van der Waals surface area contributed by atoms with Gasteiger partial charge in [-0.1, -0.05) is 16.8 Å². The maximum Gasteiger partial charge on any atom is 0.175 e. The first-order valence-electron chi connectivity index (χ1n) is 3.69. The number of nitriles is 1. The minimum Gasteiger partial charge on any atom is -0.495 e. The summed E-state index contributed by atoms with van der Waals surface area (Å²) in [6.45, 7) is 0. The lowest BCUT2D eigenvalue weighted by Crippen LogP contribution is -1.94. The van der Waals surface area contributed by atoms with Crippen LogP contribution in [0.5, 0.6) is 5.75 Å². The number of rotatable bonds is 2. The molecule has 72 valence electrons. The molecule has 0 radical (unpaired) electrons. The van der Waals surface area contributed by atoms with Crippen LogP contribution >= 0.6 is 11.6 Å². The minimum atomic E-state index is -0.0656. The molecule has 0 aromatic heterocycles. The molecule has 0 saturated carbocycles. The van der Waals surface area contributed by atoms with Gasteiger partial charge in [0.05, 0.1) is 12.7 Å². The molecule has 0 saturated heterocycles. The number of benzene rings is 1. The summed E-state index contributed by atoms with van der Waals surface area (Å²) in [5, 5.41) is 19.9. The molecule has 0 aliphatic carbocycles. The van der Waals surface area contributed by atoms with E-state index >= 15 is 0 Å². The van der Waals surface area contributed by atoms with E-state index < -0.39 is 0 Å². The zero-order valence-electron chi connectivity index (χ0n) is 7.36. The van der Waals surface area contributed by atoms with Crippen molar-refractivity contribution in [3.63, 3.8) is 0 Å². The second-order valence-corrected chi connectivity index (χ2v) is 2.78. The van der Waals surface area contributed by atoms with Gasteiger partial charge >= 0.3 is 0 Å². The van der Waals surface area contributed by atoms with E-state index in [4.69, 9.17) is 26.8 Å². The van der Waals surface area contributed by atoms with Gasteiger partial charge in [0.2, 0.25) is 0 Å². The summed E-state index contributed by atoms with van der Waals surface area (Å²) >= 11 is 5.56. The normalized spacial score (nSPS) is 10.8. The van der Waals surface area contributed by atoms with Gasteiger partial charge in [-0.2, -0.15) is 5.26 Å². The Bertz CT molecular complexity index is 410. The Kier molecular flexibility index (Phi) is 3.32. The lowest BCUT2D eigenvalue weighted by molar-refractivity contribution is 0.321. The lowest BCUT2D eigenvalue weighted by atomic mass is 10.1. The Morgan fingerprint density at radius 3 is 2.86 bits per heavy atom. The van der Waals surface area contributed by atoms with E-state index in [-0.39, 0.29) is 5.17 Å². The van der Waals surface area contributed by atoms with E-state index in [0.29, 0.717) is 16.9 Å². The maximum atomic E-state index is 8.75. The summed E-state index contributed by atoms with van der Waals surface area (Å²) in [5.41, 5.74) is 0.804. The van der Waals surface area contributed by atoms with Crippen LogP contribution in [0.25, 0.3) is 0 Å². The Labute approximate surface area is 86.0 Å². The summed E-state index contributed by atoms with van der Waals surface area (Å²) in [7, 11) is 1.47. The van der Waals surface area contributed by atoms with E-state index in [9.17, 15) is 0 Å². The van der Waals surface area contributed by atoms with Crippen LogP contribution < -0.4 is 4.74 Å². The molecule has 14 heavy (non-hydrogen) atoms. The molecule has 5 heteroatoms. The monoisotopic (exact) mass is 210 g/mol. The molecular formula is C9H7ClN2O2. The third kappa shape index (κ3) is 1.95. The zero-order chi connectivity index (χ0) is 10.6. The molecule has 0 spiro atoms. The van der Waals surface area contributed by atoms with Crippen molar-refractivity contribution in [2.45, 2.75) is 0 Å². The average molecular weight is 211 g/mol. The van der Waals surface area contributed by atoms with Crippen LogP contribution in [0.3, 0.4) is 0 Å². The number of halogens is 1. The predicted molar refractivity (Wildman–Crippen MR) is 51.9 cm³/mol. The Balaban J connectivity index is 3.22. The SMILES string of the molecule is COc1ccc(C(Cl)=NO)cc1C#N. The van der Waals surface area contributed by atoms with Crippen molar-refractivity contribution in [1.82, 2.24) is 0 Å². The van der Waals surface area contributed by atoms with Gasteiger partial charge in [0.15, 0.2) is 5.17 Å². The first kappa shape index (κ1) is 10.4. The fourth-order valence-electron chi connectivity index (χ4n) is 0.981. The van der Waals surface area contributed by atoms with E-state index in [2.05, 4.69) is 5.16 Å². The van der Waals surface area contributed by atoms with Crippen LogP contribution in [0.4, 0.5) is 0 Å². The van der Waals surface area contributed by atoms with Crippen LogP contribution in [0.1, 0.15) is 11.1 Å². The highest BCUT2D eigenvalue weighted by molar-refractivity contribution is 6.69. The van der Waals surface area contributed by atoms with E-state index in [1.807, 2.05) is 6.07 Å². The molecule has 0 heterocycles. The molecule has 1 rings (SSSR count). The molecule has 4 nitrogen and oxygen atoms in total. The third-order valence-electron chi connectivity index (χ3n) is 1.65. The molecule has 0 bridgehead atoms. The molecule has 1 N–H and O–H groups in total. The fourth-order valence-corrected chi connectivity index (χ4v) is 1.10. The van der Waals surface area contributed by atoms with Crippen molar-refractivity contribution in [2.24, 2.45) is 5.16 Å². The van der Waals surface area contributed by atoms with Crippen LogP contribution in [0, 0.1) is 11.3 Å². The summed E-state index contributed by atoms with van der Waals surface area (Å²) < 4.78 is 4.94. The van der Waals surface area contributed by atoms with Crippen molar-refractivity contribution >= 4 is 16.8 Å². The highest BCUT2D eigenvalue weighted by atomic mass is 35.5. The quantitative estimate of drug-likeness (QED) is 0.461. The van der Waals surface area contributed by atoms with Gasteiger partial charge in [-0.25, -0.2) is 0 Å². The second-order valence-electron chi connectivity index (χ2n) is 2.42. The van der Waals surface area contributed by atoms with Crippen LogP contribution in [-0.2, 0) is 0 Å². The number of oxime groups is 1. The first-order valence-corrected chi connectivity index (χ1v) is 4.06. The second kappa shape index (κ2) is 4.49. The fraction of sp³-hybridized carbons (Fsp3) is 0.111. The summed E-state index contributed by atoms with van der Waals surface area (Å²) in [5.74, 6) is 0.457. The Hall–Kier alpha value is -1.73. The molecule has 0 unspecified atom stereocenters. The van der Waals surface area contributed by atoms with E-state index in [0.717, 1.165) is 0 Å². The predicted octanol–water partition coefficient (Wildman–Crippen LogP) is 1.94. The van der Waals surface area contributed by atoms with Gasteiger partial charge in [0.1, 0.15) is 11.8 Å². The molecule has 0 aliphatic rings. The van der Waals surface area contributed by atoms with Crippen LogP contribution in [0.15, 0.2) is 23.4 Å². The Morgan fingerprint density at radius 2 is 2.36 bits per heavy atom. The van der Waals surface area contributed by atoms with Crippen molar-refractivity contribution in [3.05, 3.63) is 29.3 Å². The van der Waals surface area contributed by atoms with Gasteiger partial charge in [0, 0.05) is 5.56 Å². The van der Waals surface area contributed by atoms with Crippen molar-refractivity contribution in [1.29, 1.82) is 5.26 Å². The van der Waals surface area contributed by atoms with E-state index in [1.54, 1.807) is 12.1 Å². The van der Waals surface area contributed by atoms with Gasteiger partial charge in [-0.3, -0.25) is 0 Å². The van der Waals surface area contributed by atoms with Gasteiger partial charge < -0.3 is 9.94 Å². The molecule has 0 aliphatic heterocycles. The third-order valence-corrected chi connectivity index (χ3v) is 1.94. The smallest absolute Gasteiger partial charge is 0.175 e. The van der Waals surface area contributed by atoms with Crippen molar-refractivity contribution in [2.75, 3.05) is 7.11 Å². The van der Waals surface area contributed by atoms with Crippen molar-refractivity contribution in [3.8, 4) is 11.8 Å². The highest BCUT2D eigenvalue weighted by Crippen LogP contribution is 2.19. The highest BCUT2D eigenvalue weighted by Gasteiger charge is 2.06. The number of nitrogens with zero attached hydrogens (tertiary/aromatic N) is 2. The van der Waals surface area contributed by atoms with E-state index in [1.165, 1.54) is 13.2 Å². The molecule has 1 aromatic carbocycles. The van der Waals surface area contributed by atoms with Crippen molar-refractivity contribution < 1.29 is 9.94 Å². The van der Waals surface area contributed by atoms with Crippen LogP contribution in [0.2, 0.25) is 0 Å². The minimum absolute atomic E-state index is 0.0656. The largest absolute Gasteiger partial charge is 0.495 e. The number of methoxy groups -OCH3 is 1. The summed E-state index contributed by atoms with van der Waals surface area (Å²) in [6.07, 6.45) is 0. The molecule has 0 fully saturated rings. The number of hydrogen-bond acceptors (Lipinski definition) is 4. The molecule has 0 amide bonds. The zero-order valence-corrected chi connectivity index (χ0v) is 8.12. The maximum absolute atomic E-state index is 8.75. The van der Waals surface area contributed by atoms with Crippen LogP contribution in [-0.4, -0.2) is 17.5 Å². The number of hydrogen-bond donors (Lipinski definition) is 1. The van der Waals surface area contributed by atoms with Gasteiger partial charge in [-0.15, -0.1) is 0 Å². The standard InChI is InChI=1S/C9H7ClN2O2/c1-14-8-3-2-6(9(10)12-13)4-7(8)5-11/h2-4,13H,1H3. The average Bonchev–Trinajstić information content (AvgIpc) is 2.26. The summed E-state index contributed by atoms with van der Waals surface area (Å²) in [4.78, 5) is 0. The Morgan fingerprint density at radius 1 is 1.64 bits per heavy atom. The first-order chi connectivity index (χ1) is 6.72. The lowest BCUT2D eigenvalue weighted by Gasteiger charge is -2.03. The topological polar surface area (TPSA) is 65.6 Å². The summed E-state index contributed by atoms with van der Waals surface area (Å²) in [6, 6.07) is 6.62.